The van der Waals surface area contributed by atoms with E-state index in [0.29, 0.717) is 0 Å². The number of ether oxygens (including phenoxy) is 1. The lowest BCUT2D eigenvalue weighted by Crippen LogP contribution is -2.48. The van der Waals surface area contributed by atoms with Crippen LogP contribution in [-0.2, 0) is 9.53 Å². The maximum atomic E-state index is 12.0. The Hall–Kier alpha value is -1.60. The van der Waals surface area contributed by atoms with Gasteiger partial charge in [0.05, 0.1) is 6.04 Å². The van der Waals surface area contributed by atoms with Crippen LogP contribution in [0.4, 0.5) is 4.79 Å². The average Bonchev–Trinajstić information content (AvgIpc) is 2.93. The molecule has 2 unspecified atom stereocenters. The Bertz CT molecular complexity index is 448. The number of hydrogen-bond acceptors (Lipinski definition) is 4. The summed E-state index contributed by atoms with van der Waals surface area (Å²) in [4.78, 5) is 24.1. The maximum absolute atomic E-state index is 12.0. The van der Waals surface area contributed by atoms with Crippen LogP contribution in [0.25, 0.3) is 0 Å². The highest BCUT2D eigenvalue weighted by Gasteiger charge is 2.23. The molecule has 0 saturated heterocycles. The van der Waals surface area contributed by atoms with Crippen LogP contribution in [0.5, 0.6) is 0 Å². The fourth-order valence-corrected chi connectivity index (χ4v) is 2.82. The van der Waals surface area contributed by atoms with Gasteiger partial charge in [-0.3, -0.25) is 0 Å². The van der Waals surface area contributed by atoms with Gasteiger partial charge in [-0.15, -0.1) is 11.3 Å². The number of methoxy groups -OCH3 is 1. The van der Waals surface area contributed by atoms with E-state index in [9.17, 15) is 9.59 Å². The lowest BCUT2D eigenvalue weighted by atomic mass is 10.0. The van der Waals surface area contributed by atoms with Crippen LogP contribution in [0.2, 0.25) is 0 Å². The monoisotopic (exact) mass is 314 g/mol. The van der Waals surface area contributed by atoms with Crippen molar-refractivity contribution in [3.63, 3.8) is 0 Å². The maximum Gasteiger partial charge on any atom is 0.326 e. The van der Waals surface area contributed by atoms with Crippen molar-refractivity contribution < 1.29 is 19.4 Å². The van der Waals surface area contributed by atoms with Crippen LogP contribution in [0, 0.1) is 5.92 Å². The molecule has 0 aliphatic heterocycles. The molecular formula is C14H22N2O4S. The molecule has 2 amide bonds. The van der Waals surface area contributed by atoms with E-state index in [0.717, 1.165) is 4.88 Å². The predicted molar refractivity (Wildman–Crippen MR) is 81.5 cm³/mol. The summed E-state index contributed by atoms with van der Waals surface area (Å²) in [6.45, 7) is 4.28. The highest BCUT2D eigenvalue weighted by atomic mass is 32.1. The van der Waals surface area contributed by atoms with Gasteiger partial charge in [0.15, 0.2) is 0 Å². The minimum atomic E-state index is -1.07. The number of carboxylic acid groups (broad SMARTS) is 1. The lowest BCUT2D eigenvalue weighted by Gasteiger charge is -2.23. The number of carbonyl (C=O) groups is 2. The van der Waals surface area contributed by atoms with Crippen LogP contribution < -0.4 is 10.6 Å². The Morgan fingerprint density at radius 2 is 2.10 bits per heavy atom. The molecule has 118 valence electrons. The van der Waals surface area contributed by atoms with Crippen molar-refractivity contribution in [2.75, 3.05) is 13.7 Å². The van der Waals surface area contributed by atoms with Crippen molar-refractivity contribution in [3.8, 4) is 0 Å². The van der Waals surface area contributed by atoms with Gasteiger partial charge in [-0.2, -0.15) is 0 Å². The number of hydrogen-bond donors (Lipinski definition) is 3. The molecule has 0 fully saturated rings. The summed E-state index contributed by atoms with van der Waals surface area (Å²) in [7, 11) is 1.49. The van der Waals surface area contributed by atoms with E-state index in [4.69, 9.17) is 9.84 Å². The molecule has 6 nitrogen and oxygen atoms in total. The Balaban J connectivity index is 2.62. The summed E-state index contributed by atoms with van der Waals surface area (Å²) >= 11 is 1.56. The number of nitrogens with one attached hydrogen (secondary N) is 2. The normalized spacial score (nSPS) is 13.7. The molecule has 1 heterocycles. The molecule has 0 aliphatic rings. The Morgan fingerprint density at radius 1 is 1.38 bits per heavy atom. The molecule has 1 rings (SSSR count). The molecule has 1 aromatic rings. The third kappa shape index (κ3) is 5.73. The van der Waals surface area contributed by atoms with E-state index in [-0.39, 0.29) is 25.0 Å². The highest BCUT2D eigenvalue weighted by molar-refractivity contribution is 7.10. The number of urea groups is 1. The first-order chi connectivity index (χ1) is 9.95. The van der Waals surface area contributed by atoms with Gasteiger partial charge in [0.25, 0.3) is 0 Å². The average molecular weight is 314 g/mol. The SMILES string of the molecule is COCCC(NC(=O)NC(c1cccs1)C(C)C)C(=O)O. The molecule has 3 N–H and O–H groups in total. The molecule has 1 aromatic heterocycles. The molecule has 0 spiro atoms. The summed E-state index contributed by atoms with van der Waals surface area (Å²) in [5, 5.41) is 16.3. The van der Waals surface area contributed by atoms with Crippen LogP contribution in [0.1, 0.15) is 31.2 Å². The van der Waals surface area contributed by atoms with Gasteiger partial charge < -0.3 is 20.5 Å². The quantitative estimate of drug-likeness (QED) is 0.686. The van der Waals surface area contributed by atoms with E-state index in [2.05, 4.69) is 10.6 Å². The Kier molecular flexibility index (Phi) is 7.18. The van der Waals surface area contributed by atoms with Gasteiger partial charge in [-0.05, 0) is 17.4 Å². The van der Waals surface area contributed by atoms with Gasteiger partial charge in [-0.1, -0.05) is 19.9 Å². The summed E-state index contributed by atoms with van der Waals surface area (Å²) in [5.74, 6) is -0.865. The number of carbonyl (C=O) groups excluding carboxylic acids is 1. The van der Waals surface area contributed by atoms with Crippen molar-refractivity contribution in [3.05, 3.63) is 22.4 Å². The zero-order chi connectivity index (χ0) is 15.8. The predicted octanol–water partition coefficient (Wildman–Crippen LogP) is 2.23. The highest BCUT2D eigenvalue weighted by Crippen LogP contribution is 2.25. The fraction of sp³-hybridized carbons (Fsp3) is 0.571. The Morgan fingerprint density at radius 3 is 2.57 bits per heavy atom. The van der Waals surface area contributed by atoms with Gasteiger partial charge in [0.2, 0.25) is 0 Å². The number of amides is 2. The second-order valence-corrected chi connectivity index (χ2v) is 6.01. The first kappa shape index (κ1) is 17.5. The molecule has 0 aromatic carbocycles. The van der Waals surface area contributed by atoms with Crippen LogP contribution in [0.3, 0.4) is 0 Å². The van der Waals surface area contributed by atoms with Crippen molar-refractivity contribution in [2.24, 2.45) is 5.92 Å². The third-order valence-electron chi connectivity index (χ3n) is 3.02. The molecule has 0 saturated carbocycles. The van der Waals surface area contributed by atoms with Gasteiger partial charge in [-0.25, -0.2) is 9.59 Å². The Labute approximate surface area is 128 Å². The second kappa shape index (κ2) is 8.63. The van der Waals surface area contributed by atoms with Crippen molar-refractivity contribution >= 4 is 23.3 Å². The minimum absolute atomic E-state index is 0.137. The number of rotatable bonds is 8. The first-order valence-corrected chi connectivity index (χ1v) is 7.65. The lowest BCUT2D eigenvalue weighted by molar-refractivity contribution is -0.139. The molecule has 0 bridgehead atoms. The third-order valence-corrected chi connectivity index (χ3v) is 3.97. The topological polar surface area (TPSA) is 87.7 Å². The van der Waals surface area contributed by atoms with Gasteiger partial charge in [0, 0.05) is 25.0 Å². The molecule has 7 heteroatoms. The zero-order valence-corrected chi connectivity index (χ0v) is 13.3. The van der Waals surface area contributed by atoms with Crippen LogP contribution in [0.15, 0.2) is 17.5 Å². The van der Waals surface area contributed by atoms with Gasteiger partial charge in [0.1, 0.15) is 6.04 Å². The smallest absolute Gasteiger partial charge is 0.326 e. The largest absolute Gasteiger partial charge is 0.480 e. The van der Waals surface area contributed by atoms with E-state index in [1.807, 2.05) is 31.4 Å². The molecule has 0 aliphatic carbocycles. The first-order valence-electron chi connectivity index (χ1n) is 6.77. The van der Waals surface area contributed by atoms with E-state index in [1.165, 1.54) is 7.11 Å². The van der Waals surface area contributed by atoms with E-state index in [1.54, 1.807) is 11.3 Å². The minimum Gasteiger partial charge on any atom is -0.480 e. The summed E-state index contributed by atoms with van der Waals surface area (Å²) < 4.78 is 4.85. The molecule has 2 atom stereocenters. The fourth-order valence-electron chi connectivity index (χ4n) is 1.87. The van der Waals surface area contributed by atoms with Crippen LogP contribution >= 0.6 is 11.3 Å². The standard InChI is InChI=1S/C14H22N2O4S/c1-9(2)12(11-5-4-8-21-11)16-14(19)15-10(13(17)18)6-7-20-3/h4-5,8-10,12H,6-7H2,1-3H3,(H,17,18)(H2,15,16,19). The van der Waals surface area contributed by atoms with Crippen molar-refractivity contribution in [1.82, 2.24) is 10.6 Å². The van der Waals surface area contributed by atoms with Gasteiger partial charge >= 0.3 is 12.0 Å². The molecule has 21 heavy (non-hydrogen) atoms. The summed E-state index contributed by atoms with van der Waals surface area (Å²) in [6, 6.07) is 2.30. The van der Waals surface area contributed by atoms with Crippen LogP contribution in [-0.4, -0.2) is 36.9 Å². The van der Waals surface area contributed by atoms with Crippen molar-refractivity contribution in [2.45, 2.75) is 32.4 Å². The number of carboxylic acids is 1. The molecular weight excluding hydrogens is 292 g/mol. The molecule has 0 radical (unpaired) electrons. The summed E-state index contributed by atoms with van der Waals surface area (Å²) in [6.07, 6.45) is 0.227. The number of aliphatic carboxylic acids is 1. The van der Waals surface area contributed by atoms with E-state index < -0.39 is 18.0 Å². The number of thiophene rings is 1. The second-order valence-electron chi connectivity index (χ2n) is 5.03. The van der Waals surface area contributed by atoms with Crippen molar-refractivity contribution in [1.29, 1.82) is 0 Å². The van der Waals surface area contributed by atoms with E-state index >= 15 is 0 Å². The summed E-state index contributed by atoms with van der Waals surface area (Å²) in [5.41, 5.74) is 0. The zero-order valence-electron chi connectivity index (χ0n) is 12.5.